The van der Waals surface area contributed by atoms with E-state index in [9.17, 15) is 13.2 Å². The van der Waals surface area contributed by atoms with E-state index in [0.29, 0.717) is 5.69 Å². The van der Waals surface area contributed by atoms with Crippen LogP contribution >= 0.6 is 0 Å². The molecule has 0 radical (unpaired) electrons. The van der Waals surface area contributed by atoms with Gasteiger partial charge in [-0.25, -0.2) is 8.42 Å². The maximum absolute atomic E-state index is 12.9. The standard InChI is InChI=1S/C18H24N4O3S/c1-12-16(17(19-22(12)4)18(23)21(2)3)20-26(24,25)15-10-9-13-7-5-6-8-14(13)11-15/h9-11,20H,5-8H2,1-4H3. The summed E-state index contributed by atoms with van der Waals surface area (Å²) >= 11 is 0. The van der Waals surface area contributed by atoms with Gasteiger partial charge in [0.05, 0.1) is 10.6 Å². The van der Waals surface area contributed by atoms with Gasteiger partial charge in [0.2, 0.25) is 0 Å². The van der Waals surface area contributed by atoms with Gasteiger partial charge in [-0.1, -0.05) is 6.07 Å². The number of nitrogens with zero attached hydrogens (tertiary/aromatic N) is 3. The van der Waals surface area contributed by atoms with E-state index < -0.39 is 10.0 Å². The number of aromatic nitrogens is 2. The molecule has 0 spiro atoms. The van der Waals surface area contributed by atoms with Gasteiger partial charge in [-0.2, -0.15) is 5.10 Å². The van der Waals surface area contributed by atoms with Crippen molar-refractivity contribution in [3.8, 4) is 0 Å². The first kappa shape index (κ1) is 18.4. The lowest BCUT2D eigenvalue weighted by Gasteiger charge is -2.17. The fourth-order valence-corrected chi connectivity index (χ4v) is 4.34. The monoisotopic (exact) mass is 376 g/mol. The van der Waals surface area contributed by atoms with Crippen LogP contribution in [0, 0.1) is 6.92 Å². The average molecular weight is 376 g/mol. The Labute approximate surface area is 154 Å². The lowest BCUT2D eigenvalue weighted by molar-refractivity contribution is 0.0822. The number of hydrogen-bond acceptors (Lipinski definition) is 4. The summed E-state index contributed by atoms with van der Waals surface area (Å²) < 4.78 is 29.9. The van der Waals surface area contributed by atoms with E-state index in [0.717, 1.165) is 31.2 Å². The van der Waals surface area contributed by atoms with Crippen LogP contribution in [-0.4, -0.2) is 43.1 Å². The Morgan fingerprint density at radius 2 is 1.85 bits per heavy atom. The van der Waals surface area contributed by atoms with Crippen LogP contribution in [0.3, 0.4) is 0 Å². The molecule has 140 valence electrons. The zero-order chi connectivity index (χ0) is 19.1. The van der Waals surface area contributed by atoms with Gasteiger partial charge in [0.25, 0.3) is 15.9 Å². The Kier molecular flexibility index (Phi) is 4.79. The highest BCUT2D eigenvalue weighted by atomic mass is 32.2. The molecule has 0 unspecified atom stereocenters. The summed E-state index contributed by atoms with van der Waals surface area (Å²) in [5.41, 5.74) is 3.21. The van der Waals surface area contributed by atoms with Gasteiger partial charge < -0.3 is 4.90 Å². The maximum atomic E-state index is 12.9. The number of fused-ring (bicyclic) bond motifs is 1. The summed E-state index contributed by atoms with van der Waals surface area (Å²) in [5.74, 6) is -0.350. The number of carbonyl (C=O) groups is 1. The highest BCUT2D eigenvalue weighted by Crippen LogP contribution is 2.27. The lowest BCUT2D eigenvalue weighted by atomic mass is 9.92. The van der Waals surface area contributed by atoms with Gasteiger partial charge >= 0.3 is 0 Å². The molecule has 1 aliphatic carbocycles. The van der Waals surface area contributed by atoms with E-state index in [2.05, 4.69) is 9.82 Å². The summed E-state index contributed by atoms with van der Waals surface area (Å²) in [6.07, 6.45) is 4.11. The zero-order valence-corrected chi connectivity index (χ0v) is 16.4. The molecule has 0 aliphatic heterocycles. The molecule has 1 N–H and O–H groups in total. The van der Waals surface area contributed by atoms with E-state index in [1.165, 1.54) is 15.1 Å². The number of rotatable bonds is 4. The van der Waals surface area contributed by atoms with Crippen molar-refractivity contribution in [2.24, 2.45) is 7.05 Å². The highest BCUT2D eigenvalue weighted by Gasteiger charge is 2.26. The van der Waals surface area contributed by atoms with Crippen molar-refractivity contribution in [2.75, 3.05) is 18.8 Å². The van der Waals surface area contributed by atoms with Crippen molar-refractivity contribution in [1.29, 1.82) is 0 Å². The summed E-state index contributed by atoms with van der Waals surface area (Å²) in [6, 6.07) is 5.27. The Hall–Kier alpha value is -2.35. The zero-order valence-electron chi connectivity index (χ0n) is 15.5. The van der Waals surface area contributed by atoms with Gasteiger partial charge in [0.15, 0.2) is 5.69 Å². The molecular weight excluding hydrogens is 352 g/mol. The van der Waals surface area contributed by atoms with Crippen LogP contribution in [0.15, 0.2) is 23.1 Å². The van der Waals surface area contributed by atoms with Gasteiger partial charge in [0, 0.05) is 21.1 Å². The number of amides is 1. The van der Waals surface area contributed by atoms with Crippen molar-refractivity contribution in [3.63, 3.8) is 0 Å². The molecule has 8 heteroatoms. The van der Waals surface area contributed by atoms with Crippen molar-refractivity contribution in [1.82, 2.24) is 14.7 Å². The quantitative estimate of drug-likeness (QED) is 0.886. The van der Waals surface area contributed by atoms with Crippen molar-refractivity contribution in [2.45, 2.75) is 37.5 Å². The molecule has 0 fully saturated rings. The third kappa shape index (κ3) is 3.33. The smallest absolute Gasteiger partial charge is 0.276 e. The first-order chi connectivity index (χ1) is 12.2. The molecule has 0 saturated heterocycles. The average Bonchev–Trinajstić information content (AvgIpc) is 2.88. The molecule has 0 bridgehead atoms. The van der Waals surface area contributed by atoms with E-state index in [1.807, 2.05) is 6.07 Å². The molecule has 1 amide bonds. The number of anilines is 1. The second kappa shape index (κ2) is 6.75. The molecule has 0 saturated carbocycles. The fraction of sp³-hybridized carbons (Fsp3) is 0.444. The summed E-state index contributed by atoms with van der Waals surface area (Å²) in [5, 5.41) is 4.18. The highest BCUT2D eigenvalue weighted by molar-refractivity contribution is 7.92. The molecular formula is C18H24N4O3S. The van der Waals surface area contributed by atoms with Crippen molar-refractivity contribution < 1.29 is 13.2 Å². The van der Waals surface area contributed by atoms with Crippen LogP contribution in [0.2, 0.25) is 0 Å². The topological polar surface area (TPSA) is 84.3 Å². The Balaban J connectivity index is 1.99. The summed E-state index contributed by atoms with van der Waals surface area (Å²) in [7, 11) is 1.08. The van der Waals surface area contributed by atoms with E-state index >= 15 is 0 Å². The second-order valence-corrected chi connectivity index (χ2v) is 8.56. The predicted octanol–water partition coefficient (Wildman–Crippen LogP) is 2.11. The molecule has 1 aromatic heterocycles. The van der Waals surface area contributed by atoms with Crippen molar-refractivity contribution >= 4 is 21.6 Å². The van der Waals surface area contributed by atoms with Crippen LogP contribution in [-0.2, 0) is 29.9 Å². The molecule has 1 aliphatic rings. The minimum atomic E-state index is -3.81. The van der Waals surface area contributed by atoms with Crippen LogP contribution in [0.1, 0.15) is 40.2 Å². The van der Waals surface area contributed by atoms with Gasteiger partial charge in [-0.3, -0.25) is 14.2 Å². The van der Waals surface area contributed by atoms with Crippen molar-refractivity contribution in [3.05, 3.63) is 40.7 Å². The largest absolute Gasteiger partial charge is 0.343 e. The number of benzene rings is 1. The van der Waals surface area contributed by atoms with Gasteiger partial charge in [0.1, 0.15) is 5.69 Å². The third-order valence-corrected chi connectivity index (χ3v) is 6.16. The molecule has 3 rings (SSSR count). The van der Waals surface area contributed by atoms with Crippen LogP contribution < -0.4 is 4.72 Å². The molecule has 1 aromatic carbocycles. The Morgan fingerprint density at radius 1 is 1.19 bits per heavy atom. The first-order valence-corrected chi connectivity index (χ1v) is 10.1. The van der Waals surface area contributed by atoms with E-state index in [4.69, 9.17) is 0 Å². The lowest BCUT2D eigenvalue weighted by Crippen LogP contribution is -2.24. The summed E-state index contributed by atoms with van der Waals surface area (Å²) in [6.45, 7) is 1.73. The van der Waals surface area contributed by atoms with Crippen LogP contribution in [0.4, 0.5) is 5.69 Å². The molecule has 1 heterocycles. The minimum Gasteiger partial charge on any atom is -0.343 e. The number of hydrogen-bond donors (Lipinski definition) is 1. The van der Waals surface area contributed by atoms with E-state index in [1.54, 1.807) is 40.2 Å². The van der Waals surface area contributed by atoms with Crippen LogP contribution in [0.25, 0.3) is 0 Å². The second-order valence-electron chi connectivity index (χ2n) is 6.88. The molecule has 2 aromatic rings. The number of nitrogens with one attached hydrogen (secondary N) is 1. The van der Waals surface area contributed by atoms with Gasteiger partial charge in [-0.05, 0) is 55.9 Å². The SMILES string of the molecule is Cc1c(NS(=O)(=O)c2ccc3c(c2)CCCC3)c(C(=O)N(C)C)nn1C. The molecule has 7 nitrogen and oxygen atoms in total. The van der Waals surface area contributed by atoms with Gasteiger partial charge in [-0.15, -0.1) is 0 Å². The molecule has 26 heavy (non-hydrogen) atoms. The number of sulfonamides is 1. The number of aryl methyl sites for hydroxylation is 3. The Bertz CT molecular complexity index is 961. The van der Waals surface area contributed by atoms with E-state index in [-0.39, 0.29) is 22.2 Å². The van der Waals surface area contributed by atoms with Crippen LogP contribution in [0.5, 0.6) is 0 Å². The Morgan fingerprint density at radius 3 is 2.50 bits per heavy atom. The normalized spacial score (nSPS) is 14.0. The first-order valence-electron chi connectivity index (χ1n) is 8.60. The predicted molar refractivity (Wildman–Crippen MR) is 99.9 cm³/mol. The minimum absolute atomic E-state index is 0.0940. The maximum Gasteiger partial charge on any atom is 0.276 e. The molecule has 0 atom stereocenters. The summed E-state index contributed by atoms with van der Waals surface area (Å²) in [4.78, 5) is 13.9. The fourth-order valence-electron chi connectivity index (χ4n) is 3.16. The third-order valence-electron chi connectivity index (χ3n) is 4.81. The number of carbonyl (C=O) groups excluding carboxylic acids is 1.